The van der Waals surface area contributed by atoms with E-state index >= 15 is 0 Å². The number of alkyl halides is 3. The Hall–Kier alpha value is -3.28. The number of halogens is 3. The predicted octanol–water partition coefficient (Wildman–Crippen LogP) is 4.02. The van der Waals surface area contributed by atoms with Crippen molar-refractivity contribution in [2.24, 2.45) is 0 Å². The molecule has 6 nitrogen and oxygen atoms in total. The van der Waals surface area contributed by atoms with Gasteiger partial charge >= 0.3 is 6.18 Å². The van der Waals surface area contributed by atoms with Crippen LogP contribution < -0.4 is 10.1 Å². The maximum atomic E-state index is 12.1. The van der Waals surface area contributed by atoms with E-state index in [9.17, 15) is 23.3 Å². The Bertz CT molecular complexity index is 799. The van der Waals surface area contributed by atoms with Crippen molar-refractivity contribution in [1.82, 2.24) is 0 Å². The Morgan fingerprint density at radius 2 is 1.88 bits per heavy atom. The van der Waals surface area contributed by atoms with Gasteiger partial charge < -0.3 is 10.1 Å². The number of hydrogen-bond acceptors (Lipinski definition) is 5. The number of anilines is 1. The van der Waals surface area contributed by atoms with Crippen LogP contribution in [0.3, 0.4) is 0 Å². The normalized spacial score (nSPS) is 10.8. The highest BCUT2D eigenvalue weighted by molar-refractivity contribution is 5.64. The highest BCUT2D eigenvalue weighted by atomic mass is 19.4. The highest BCUT2D eigenvalue weighted by Crippen LogP contribution is 2.26. The van der Waals surface area contributed by atoms with Gasteiger partial charge in [0.2, 0.25) is 0 Å². The summed E-state index contributed by atoms with van der Waals surface area (Å²) < 4.78 is 40.8. The summed E-state index contributed by atoms with van der Waals surface area (Å²) in [5.74, 6) is 0.0681. The molecular formula is C16H12F3N3O3. The second-order valence-electron chi connectivity index (χ2n) is 5.00. The van der Waals surface area contributed by atoms with Crippen molar-refractivity contribution in [3.63, 3.8) is 0 Å². The van der Waals surface area contributed by atoms with Crippen molar-refractivity contribution < 1.29 is 22.8 Å². The molecule has 1 N–H and O–H groups in total. The average molecular weight is 351 g/mol. The first-order valence-corrected chi connectivity index (χ1v) is 6.99. The van der Waals surface area contributed by atoms with Gasteiger partial charge in [-0.3, -0.25) is 10.1 Å². The molecule has 0 bridgehead atoms. The van der Waals surface area contributed by atoms with Crippen LogP contribution in [-0.4, -0.2) is 17.7 Å². The van der Waals surface area contributed by atoms with Crippen molar-refractivity contribution >= 4 is 11.4 Å². The van der Waals surface area contributed by atoms with E-state index in [0.29, 0.717) is 5.56 Å². The second kappa shape index (κ2) is 7.53. The molecule has 0 heterocycles. The average Bonchev–Trinajstić information content (AvgIpc) is 2.58. The molecule has 0 spiro atoms. The number of hydrogen-bond donors (Lipinski definition) is 1. The quantitative estimate of drug-likeness (QED) is 0.627. The maximum Gasteiger partial charge on any atom is 0.422 e. The van der Waals surface area contributed by atoms with Crippen LogP contribution in [0.15, 0.2) is 42.5 Å². The smallest absolute Gasteiger partial charge is 0.422 e. The first-order chi connectivity index (χ1) is 11.8. The van der Waals surface area contributed by atoms with Crippen LogP contribution >= 0.6 is 0 Å². The van der Waals surface area contributed by atoms with Crippen LogP contribution in [0.4, 0.5) is 24.5 Å². The molecule has 0 aromatic heterocycles. The number of rotatable bonds is 6. The molecular weight excluding hydrogens is 339 g/mol. The molecule has 2 aromatic carbocycles. The number of nitriles is 1. The Balaban J connectivity index is 2.04. The van der Waals surface area contributed by atoms with E-state index in [1.807, 2.05) is 6.07 Å². The molecule has 0 fully saturated rings. The summed E-state index contributed by atoms with van der Waals surface area (Å²) in [5, 5.41) is 22.7. The van der Waals surface area contributed by atoms with Crippen LogP contribution in [0.25, 0.3) is 0 Å². The van der Waals surface area contributed by atoms with Gasteiger partial charge in [0.05, 0.1) is 16.6 Å². The van der Waals surface area contributed by atoms with Gasteiger partial charge in [0, 0.05) is 12.6 Å². The zero-order chi connectivity index (χ0) is 18.4. The zero-order valence-corrected chi connectivity index (χ0v) is 12.7. The Morgan fingerprint density at radius 1 is 1.20 bits per heavy atom. The largest absolute Gasteiger partial charge is 0.484 e. The molecule has 0 aliphatic carbocycles. The zero-order valence-electron chi connectivity index (χ0n) is 12.7. The Morgan fingerprint density at radius 3 is 2.44 bits per heavy atom. The van der Waals surface area contributed by atoms with Crippen molar-refractivity contribution in [2.75, 3.05) is 11.9 Å². The fourth-order valence-corrected chi connectivity index (χ4v) is 1.97. The molecule has 0 atom stereocenters. The molecule has 0 unspecified atom stereocenters. The number of nitrogens with zero attached hydrogens (tertiary/aromatic N) is 2. The molecule has 130 valence electrons. The number of nitro benzene ring substituents is 1. The van der Waals surface area contributed by atoms with Crippen molar-refractivity contribution in [3.05, 3.63) is 63.7 Å². The van der Waals surface area contributed by atoms with Crippen molar-refractivity contribution in [2.45, 2.75) is 12.7 Å². The highest BCUT2D eigenvalue weighted by Gasteiger charge is 2.28. The minimum absolute atomic E-state index is 0.0681. The van der Waals surface area contributed by atoms with Gasteiger partial charge in [0.1, 0.15) is 11.4 Å². The summed E-state index contributed by atoms with van der Waals surface area (Å²) in [6.45, 7) is -1.19. The van der Waals surface area contributed by atoms with E-state index in [1.54, 1.807) is 12.1 Å². The standard InChI is InChI=1S/C16H12F3N3O3/c17-16(18,19)10-25-13-4-1-11(2-5-13)9-21-14-7-12(8-20)3-6-15(14)22(23)24/h1-7,21H,9-10H2. The molecule has 0 saturated heterocycles. The first-order valence-electron chi connectivity index (χ1n) is 6.99. The third kappa shape index (κ3) is 5.39. The lowest BCUT2D eigenvalue weighted by Crippen LogP contribution is -2.19. The minimum atomic E-state index is -4.41. The molecule has 0 aliphatic heterocycles. The molecule has 9 heteroatoms. The molecule has 0 radical (unpaired) electrons. The molecule has 2 aromatic rings. The first kappa shape index (κ1) is 18.1. The van der Waals surface area contributed by atoms with Gasteiger partial charge in [0.25, 0.3) is 5.69 Å². The molecule has 0 amide bonds. The van der Waals surface area contributed by atoms with Crippen molar-refractivity contribution in [1.29, 1.82) is 5.26 Å². The second-order valence-corrected chi connectivity index (χ2v) is 5.00. The Labute approximate surface area is 140 Å². The third-order valence-electron chi connectivity index (χ3n) is 3.13. The summed E-state index contributed by atoms with van der Waals surface area (Å²) in [7, 11) is 0. The van der Waals surface area contributed by atoms with E-state index in [2.05, 4.69) is 10.1 Å². The van der Waals surface area contributed by atoms with Gasteiger partial charge in [-0.05, 0) is 29.8 Å². The minimum Gasteiger partial charge on any atom is -0.484 e. The van der Waals surface area contributed by atoms with Gasteiger partial charge in [0.15, 0.2) is 6.61 Å². The van der Waals surface area contributed by atoms with E-state index in [4.69, 9.17) is 5.26 Å². The summed E-state index contributed by atoms with van der Waals surface area (Å²) in [4.78, 5) is 10.4. The van der Waals surface area contributed by atoms with E-state index in [1.165, 1.54) is 30.3 Å². The van der Waals surface area contributed by atoms with Crippen LogP contribution in [0, 0.1) is 21.4 Å². The maximum absolute atomic E-state index is 12.1. The summed E-state index contributed by atoms with van der Waals surface area (Å²) in [5.41, 5.74) is 0.950. The topological polar surface area (TPSA) is 88.2 Å². The predicted molar refractivity (Wildman–Crippen MR) is 83.1 cm³/mol. The van der Waals surface area contributed by atoms with Crippen LogP contribution in [0.2, 0.25) is 0 Å². The SMILES string of the molecule is N#Cc1ccc([N+](=O)[O-])c(NCc2ccc(OCC(F)(F)F)cc2)c1. The summed E-state index contributed by atoms with van der Waals surface area (Å²) >= 11 is 0. The fourth-order valence-electron chi connectivity index (χ4n) is 1.97. The lowest BCUT2D eigenvalue weighted by Gasteiger charge is -2.10. The monoisotopic (exact) mass is 351 g/mol. The van der Waals surface area contributed by atoms with Crippen LogP contribution in [-0.2, 0) is 6.54 Å². The van der Waals surface area contributed by atoms with E-state index < -0.39 is 17.7 Å². The van der Waals surface area contributed by atoms with Gasteiger partial charge in [-0.1, -0.05) is 12.1 Å². The number of nitro groups is 1. The fraction of sp³-hybridized carbons (Fsp3) is 0.188. The van der Waals surface area contributed by atoms with E-state index in [0.717, 1.165) is 0 Å². The van der Waals surface area contributed by atoms with Gasteiger partial charge in [-0.15, -0.1) is 0 Å². The molecule has 25 heavy (non-hydrogen) atoms. The van der Waals surface area contributed by atoms with Crippen LogP contribution in [0.5, 0.6) is 5.75 Å². The number of benzene rings is 2. The third-order valence-corrected chi connectivity index (χ3v) is 3.13. The van der Waals surface area contributed by atoms with Crippen LogP contribution in [0.1, 0.15) is 11.1 Å². The summed E-state index contributed by atoms with van der Waals surface area (Å²) in [6.07, 6.45) is -4.41. The number of ether oxygens (including phenoxy) is 1. The number of nitrogens with one attached hydrogen (secondary N) is 1. The summed E-state index contributed by atoms with van der Waals surface area (Å²) in [6, 6.07) is 11.7. The van der Waals surface area contributed by atoms with Gasteiger partial charge in [-0.25, -0.2) is 0 Å². The van der Waals surface area contributed by atoms with Gasteiger partial charge in [-0.2, -0.15) is 18.4 Å². The molecule has 2 rings (SSSR count). The van der Waals surface area contributed by atoms with Crippen molar-refractivity contribution in [3.8, 4) is 11.8 Å². The van der Waals surface area contributed by atoms with E-state index in [-0.39, 0.29) is 29.2 Å². The molecule has 0 aliphatic rings. The lowest BCUT2D eigenvalue weighted by atomic mass is 10.1. The Kier molecular flexibility index (Phi) is 5.44. The molecule has 0 saturated carbocycles. The lowest BCUT2D eigenvalue weighted by molar-refractivity contribution is -0.384.